The number of halogens is 1. The first-order valence-corrected chi connectivity index (χ1v) is 8.24. The molecule has 8 heteroatoms. The summed E-state index contributed by atoms with van der Waals surface area (Å²) in [5, 5.41) is 19.0. The average molecular weight is 364 g/mol. The quantitative estimate of drug-likeness (QED) is 0.696. The van der Waals surface area contributed by atoms with Crippen LogP contribution in [-0.2, 0) is 9.59 Å². The molecular weight excluding hydrogens is 343 g/mol. The minimum absolute atomic E-state index is 0.0339. The summed E-state index contributed by atoms with van der Waals surface area (Å²) in [5.74, 6) is -1.64. The molecule has 2 bridgehead atoms. The monoisotopic (exact) mass is 364 g/mol. The molecule has 0 spiro atoms. The van der Waals surface area contributed by atoms with Gasteiger partial charge >= 0.3 is 11.9 Å². The fourth-order valence-corrected chi connectivity index (χ4v) is 3.19. The number of likely N-dealkylation sites (tertiary alicyclic amines) is 1. The number of fused-ring (bicyclic) bond motifs is 2. The third-order valence-electron chi connectivity index (χ3n) is 4.24. The van der Waals surface area contributed by atoms with E-state index in [1.54, 1.807) is 12.1 Å². The lowest BCUT2D eigenvalue weighted by Crippen LogP contribution is -2.52. The highest BCUT2D eigenvalue weighted by atomic mass is 19.1. The molecule has 2 fully saturated rings. The number of carbonyl (C=O) groups is 3. The van der Waals surface area contributed by atoms with Crippen molar-refractivity contribution >= 4 is 17.8 Å². The molecule has 2 aliphatic heterocycles. The summed E-state index contributed by atoms with van der Waals surface area (Å²) in [7, 11) is 0. The van der Waals surface area contributed by atoms with Crippen LogP contribution < -0.4 is 5.32 Å². The normalized spacial score (nSPS) is 21.7. The van der Waals surface area contributed by atoms with E-state index in [0.29, 0.717) is 29.6 Å². The van der Waals surface area contributed by atoms with Gasteiger partial charge in [0, 0.05) is 30.8 Å². The smallest absolute Gasteiger partial charge is 0.328 e. The summed E-state index contributed by atoms with van der Waals surface area (Å²) in [6.45, 7) is 3.65. The third kappa shape index (κ3) is 5.96. The van der Waals surface area contributed by atoms with Gasteiger partial charge in [-0.25, -0.2) is 14.0 Å². The van der Waals surface area contributed by atoms with E-state index in [1.165, 1.54) is 18.6 Å². The van der Waals surface area contributed by atoms with Crippen LogP contribution in [0, 0.1) is 17.7 Å². The maximum absolute atomic E-state index is 12.8. The van der Waals surface area contributed by atoms with Crippen molar-refractivity contribution in [3.05, 3.63) is 47.8 Å². The number of rotatable bonds is 3. The van der Waals surface area contributed by atoms with Crippen molar-refractivity contribution < 1.29 is 29.0 Å². The summed E-state index contributed by atoms with van der Waals surface area (Å²) >= 11 is 0. The van der Waals surface area contributed by atoms with E-state index in [4.69, 9.17) is 10.2 Å². The number of hydrogen-bond donors (Lipinski definition) is 3. The molecule has 1 aromatic rings. The van der Waals surface area contributed by atoms with E-state index in [1.807, 2.05) is 4.90 Å². The second-order valence-corrected chi connectivity index (χ2v) is 6.35. The van der Waals surface area contributed by atoms with Gasteiger partial charge < -0.3 is 20.4 Å². The second-order valence-electron chi connectivity index (χ2n) is 6.35. The maximum Gasteiger partial charge on any atom is 0.328 e. The zero-order valence-electron chi connectivity index (χ0n) is 14.1. The van der Waals surface area contributed by atoms with Crippen LogP contribution in [0.3, 0.4) is 0 Å². The number of amides is 1. The Morgan fingerprint density at radius 3 is 1.96 bits per heavy atom. The fourth-order valence-electron chi connectivity index (χ4n) is 3.19. The van der Waals surface area contributed by atoms with Crippen LogP contribution >= 0.6 is 0 Å². The summed E-state index contributed by atoms with van der Waals surface area (Å²) in [5.41, 5.74) is 0.587. The van der Waals surface area contributed by atoms with Crippen molar-refractivity contribution in [2.24, 2.45) is 11.8 Å². The van der Waals surface area contributed by atoms with Gasteiger partial charge in [-0.2, -0.15) is 0 Å². The molecule has 2 heterocycles. The molecule has 0 aromatic heterocycles. The van der Waals surface area contributed by atoms with Gasteiger partial charge in [-0.3, -0.25) is 4.79 Å². The van der Waals surface area contributed by atoms with Crippen LogP contribution in [0.4, 0.5) is 4.39 Å². The zero-order valence-corrected chi connectivity index (χ0v) is 14.1. The van der Waals surface area contributed by atoms with E-state index in [9.17, 15) is 18.8 Å². The zero-order chi connectivity index (χ0) is 19.1. The van der Waals surface area contributed by atoms with E-state index < -0.39 is 11.9 Å². The number of nitrogens with one attached hydrogen (secondary N) is 1. The average Bonchev–Trinajstić information content (AvgIpc) is 2.60. The van der Waals surface area contributed by atoms with Crippen molar-refractivity contribution in [2.75, 3.05) is 26.2 Å². The molecule has 2 atom stereocenters. The van der Waals surface area contributed by atoms with Crippen LogP contribution in [-0.4, -0.2) is 59.1 Å². The molecule has 1 amide bonds. The Labute approximate surface area is 150 Å². The van der Waals surface area contributed by atoms with Gasteiger partial charge in [-0.05, 0) is 55.6 Å². The van der Waals surface area contributed by atoms with Crippen LogP contribution in [0.5, 0.6) is 0 Å². The van der Waals surface area contributed by atoms with Crippen molar-refractivity contribution in [2.45, 2.75) is 6.42 Å². The Bertz CT molecular complexity index is 661. The van der Waals surface area contributed by atoms with Gasteiger partial charge in [-0.1, -0.05) is 0 Å². The minimum Gasteiger partial charge on any atom is -0.478 e. The number of hydrogen-bond acceptors (Lipinski definition) is 4. The number of carbonyl (C=O) groups excluding carboxylic acids is 1. The van der Waals surface area contributed by atoms with Crippen LogP contribution in [0.1, 0.15) is 16.8 Å². The van der Waals surface area contributed by atoms with E-state index in [0.717, 1.165) is 26.2 Å². The Morgan fingerprint density at radius 2 is 1.50 bits per heavy atom. The lowest BCUT2D eigenvalue weighted by Gasteiger charge is -2.41. The number of aliphatic carboxylic acids is 2. The number of carboxylic acid groups (broad SMARTS) is 2. The standard InChI is InChI=1S/C14H17FN2O.C4H4O4/c15-13-3-1-12(2-4-13)14(18)17-8-10-5-11(9-17)7-16-6-10;5-3(6)1-2-4(7)8/h1-4,10-11,16H,5-9H2;1-2H,(H,5,6)(H,7,8)/b;2-1+/t10-,11+;. The second kappa shape index (κ2) is 9.10. The van der Waals surface area contributed by atoms with Gasteiger partial charge in [0.2, 0.25) is 0 Å². The van der Waals surface area contributed by atoms with Crippen LogP contribution in [0.15, 0.2) is 36.4 Å². The Balaban J connectivity index is 0.000000260. The maximum atomic E-state index is 12.8. The fraction of sp³-hybridized carbons (Fsp3) is 0.389. The third-order valence-corrected chi connectivity index (χ3v) is 4.24. The summed E-state index contributed by atoms with van der Waals surface area (Å²) < 4.78 is 12.8. The molecule has 0 unspecified atom stereocenters. The first kappa shape index (κ1) is 19.6. The molecule has 7 nitrogen and oxygen atoms in total. The van der Waals surface area contributed by atoms with Gasteiger partial charge in [0.25, 0.3) is 5.91 Å². The summed E-state index contributed by atoms with van der Waals surface area (Å²) in [6.07, 6.45) is 2.34. The highest BCUT2D eigenvalue weighted by Crippen LogP contribution is 2.25. The topological polar surface area (TPSA) is 107 Å². The lowest BCUT2D eigenvalue weighted by molar-refractivity contribution is -0.134. The van der Waals surface area contributed by atoms with Gasteiger partial charge in [0.1, 0.15) is 5.82 Å². The molecule has 26 heavy (non-hydrogen) atoms. The molecule has 1 aromatic carbocycles. The van der Waals surface area contributed by atoms with E-state index in [2.05, 4.69) is 5.32 Å². The Kier molecular flexibility index (Phi) is 6.85. The van der Waals surface area contributed by atoms with Crippen molar-refractivity contribution in [1.82, 2.24) is 10.2 Å². The molecule has 3 N–H and O–H groups in total. The van der Waals surface area contributed by atoms with Gasteiger partial charge in [0.05, 0.1) is 0 Å². The van der Waals surface area contributed by atoms with Crippen LogP contribution in [0.2, 0.25) is 0 Å². The molecule has 0 saturated carbocycles. The van der Waals surface area contributed by atoms with Gasteiger partial charge in [-0.15, -0.1) is 0 Å². The SMILES string of the molecule is O=C(O)/C=C/C(=O)O.O=C(c1ccc(F)cc1)N1C[C@@H]2CNC[C@@H](C2)C1. The Morgan fingerprint density at radius 1 is 1.00 bits per heavy atom. The molecule has 2 aliphatic rings. The number of nitrogens with zero attached hydrogens (tertiary/aromatic N) is 1. The Hall–Kier alpha value is -2.74. The first-order valence-electron chi connectivity index (χ1n) is 8.24. The molecular formula is C18H21FN2O5. The highest BCUT2D eigenvalue weighted by Gasteiger charge is 2.32. The number of carboxylic acids is 2. The molecule has 140 valence electrons. The minimum atomic E-state index is -1.26. The predicted molar refractivity (Wildman–Crippen MR) is 91.2 cm³/mol. The number of piperidine rings is 2. The molecule has 3 rings (SSSR count). The van der Waals surface area contributed by atoms with Crippen molar-refractivity contribution in [3.63, 3.8) is 0 Å². The molecule has 2 saturated heterocycles. The largest absolute Gasteiger partial charge is 0.478 e. The van der Waals surface area contributed by atoms with Crippen LogP contribution in [0.25, 0.3) is 0 Å². The van der Waals surface area contributed by atoms with Crippen molar-refractivity contribution in [1.29, 1.82) is 0 Å². The predicted octanol–water partition coefficient (Wildman–Crippen LogP) is 1.22. The number of benzene rings is 1. The van der Waals surface area contributed by atoms with Gasteiger partial charge in [0.15, 0.2) is 0 Å². The van der Waals surface area contributed by atoms with E-state index >= 15 is 0 Å². The summed E-state index contributed by atoms with van der Waals surface area (Å²) in [4.78, 5) is 33.4. The molecule has 0 aliphatic carbocycles. The van der Waals surface area contributed by atoms with Crippen molar-refractivity contribution in [3.8, 4) is 0 Å². The molecule has 0 radical (unpaired) electrons. The van der Waals surface area contributed by atoms with E-state index in [-0.39, 0.29) is 11.7 Å². The first-order chi connectivity index (χ1) is 12.3. The highest BCUT2D eigenvalue weighted by molar-refractivity contribution is 5.94. The summed E-state index contributed by atoms with van der Waals surface area (Å²) in [6, 6.07) is 5.83. The lowest BCUT2D eigenvalue weighted by atomic mass is 9.85.